The highest BCUT2D eigenvalue weighted by atomic mass is 16.1. The number of carbonyl (C=O) groups excluding carboxylic acids is 1. The highest BCUT2D eigenvalue weighted by Crippen LogP contribution is 2.28. The molecule has 1 nitrogen and oxygen atoms in total. The molecule has 0 fully saturated rings. The molecule has 0 aliphatic carbocycles. The van der Waals surface area contributed by atoms with Gasteiger partial charge >= 0.3 is 0 Å². The zero-order valence-electron chi connectivity index (χ0n) is 10.9. The summed E-state index contributed by atoms with van der Waals surface area (Å²) in [5.74, 6) is 0.397. The minimum Gasteiger partial charge on any atom is -0.300 e. The van der Waals surface area contributed by atoms with E-state index in [2.05, 4.69) is 43.3 Å². The van der Waals surface area contributed by atoms with E-state index >= 15 is 0 Å². The predicted molar refractivity (Wildman–Crippen MR) is 74.8 cm³/mol. The van der Waals surface area contributed by atoms with E-state index in [1.165, 1.54) is 16.7 Å². The van der Waals surface area contributed by atoms with Gasteiger partial charge in [0.15, 0.2) is 0 Å². The van der Waals surface area contributed by atoms with Crippen LogP contribution in [0.25, 0.3) is 0 Å². The van der Waals surface area contributed by atoms with E-state index in [9.17, 15) is 4.79 Å². The molecule has 18 heavy (non-hydrogen) atoms. The normalized spacial score (nSPS) is 12.1. The van der Waals surface area contributed by atoms with Crippen molar-refractivity contribution in [1.29, 1.82) is 0 Å². The third-order valence-electron chi connectivity index (χ3n) is 3.17. The Morgan fingerprint density at radius 1 is 0.944 bits per heavy atom. The van der Waals surface area contributed by atoms with Gasteiger partial charge in [0.25, 0.3) is 0 Å². The van der Waals surface area contributed by atoms with Crippen molar-refractivity contribution in [2.24, 2.45) is 0 Å². The minimum atomic E-state index is 0.171. The van der Waals surface area contributed by atoms with Crippen molar-refractivity contribution in [2.45, 2.75) is 26.2 Å². The first-order valence-electron chi connectivity index (χ1n) is 6.28. The van der Waals surface area contributed by atoms with Crippen LogP contribution in [0.1, 0.15) is 36.0 Å². The molecule has 0 saturated carbocycles. The summed E-state index contributed by atoms with van der Waals surface area (Å²) < 4.78 is 0. The molecule has 1 unspecified atom stereocenters. The van der Waals surface area contributed by atoms with Crippen LogP contribution in [0.4, 0.5) is 0 Å². The van der Waals surface area contributed by atoms with Gasteiger partial charge in [-0.1, -0.05) is 60.2 Å². The lowest BCUT2D eigenvalue weighted by Crippen LogP contribution is -2.06. The molecule has 0 aliphatic heterocycles. The molecular weight excluding hydrogens is 220 g/mol. The van der Waals surface area contributed by atoms with Gasteiger partial charge in [-0.05, 0) is 25.0 Å². The van der Waals surface area contributed by atoms with Gasteiger partial charge < -0.3 is 0 Å². The van der Waals surface area contributed by atoms with E-state index < -0.39 is 0 Å². The summed E-state index contributed by atoms with van der Waals surface area (Å²) in [5.41, 5.74) is 3.66. The van der Waals surface area contributed by atoms with Crippen LogP contribution in [0.15, 0.2) is 54.6 Å². The molecule has 1 heteroatoms. The lowest BCUT2D eigenvalue weighted by Gasteiger charge is -2.16. The molecule has 0 aliphatic rings. The Kier molecular flexibility index (Phi) is 3.93. The fraction of sp³-hybridized carbons (Fsp3) is 0.235. The van der Waals surface area contributed by atoms with Crippen molar-refractivity contribution < 1.29 is 4.79 Å². The second-order valence-corrected chi connectivity index (χ2v) is 4.78. The number of ketones is 1. The second kappa shape index (κ2) is 5.63. The first-order chi connectivity index (χ1) is 8.66. The van der Waals surface area contributed by atoms with Crippen LogP contribution in [0.3, 0.4) is 0 Å². The topological polar surface area (TPSA) is 17.1 Å². The van der Waals surface area contributed by atoms with E-state index in [0.717, 1.165) is 0 Å². The van der Waals surface area contributed by atoms with E-state index in [1.54, 1.807) is 6.92 Å². The highest BCUT2D eigenvalue weighted by Gasteiger charge is 2.15. The van der Waals surface area contributed by atoms with Gasteiger partial charge in [-0.3, -0.25) is 4.79 Å². The first kappa shape index (κ1) is 12.6. The zero-order chi connectivity index (χ0) is 13.0. The van der Waals surface area contributed by atoms with Crippen molar-refractivity contribution in [2.75, 3.05) is 0 Å². The van der Waals surface area contributed by atoms with Gasteiger partial charge in [0, 0.05) is 12.3 Å². The molecule has 0 bridgehead atoms. The number of benzene rings is 2. The molecule has 0 amide bonds. The standard InChI is InChI=1S/C17H18O/c1-13-8-10-16(11-9-13)17(12-14(2)18)15-6-4-3-5-7-15/h3-11,17H,12H2,1-2H3. The monoisotopic (exact) mass is 238 g/mol. The Hall–Kier alpha value is -1.89. The molecule has 0 radical (unpaired) electrons. The summed E-state index contributed by atoms with van der Waals surface area (Å²) in [7, 11) is 0. The van der Waals surface area contributed by atoms with Crippen molar-refractivity contribution in [3.05, 3.63) is 71.3 Å². The number of aryl methyl sites for hydroxylation is 1. The third kappa shape index (κ3) is 3.07. The first-order valence-corrected chi connectivity index (χ1v) is 6.28. The number of hydrogen-bond donors (Lipinski definition) is 0. The predicted octanol–water partition coefficient (Wildman–Crippen LogP) is 4.11. The molecular formula is C17H18O. The van der Waals surface area contributed by atoms with E-state index in [-0.39, 0.29) is 11.7 Å². The number of rotatable bonds is 4. The van der Waals surface area contributed by atoms with Gasteiger partial charge in [-0.25, -0.2) is 0 Å². The zero-order valence-corrected chi connectivity index (χ0v) is 10.9. The molecule has 2 rings (SSSR count). The van der Waals surface area contributed by atoms with Crippen LogP contribution in [0.2, 0.25) is 0 Å². The molecule has 0 aromatic heterocycles. The van der Waals surface area contributed by atoms with Crippen molar-refractivity contribution in [3.63, 3.8) is 0 Å². The molecule has 1 atom stereocenters. The van der Waals surface area contributed by atoms with Gasteiger partial charge in [0.05, 0.1) is 0 Å². The van der Waals surface area contributed by atoms with Crippen LogP contribution in [0.5, 0.6) is 0 Å². The summed E-state index contributed by atoms with van der Waals surface area (Å²) in [6, 6.07) is 18.7. The lowest BCUT2D eigenvalue weighted by atomic mass is 9.87. The average molecular weight is 238 g/mol. The van der Waals surface area contributed by atoms with Gasteiger partial charge in [0.1, 0.15) is 5.78 Å². The van der Waals surface area contributed by atoms with E-state index in [4.69, 9.17) is 0 Å². The van der Waals surface area contributed by atoms with Crippen LogP contribution in [0, 0.1) is 6.92 Å². The van der Waals surface area contributed by atoms with Crippen LogP contribution in [-0.4, -0.2) is 5.78 Å². The van der Waals surface area contributed by atoms with E-state index in [0.29, 0.717) is 6.42 Å². The molecule has 0 spiro atoms. The molecule has 92 valence electrons. The summed E-state index contributed by atoms with van der Waals surface area (Å²) in [6.07, 6.45) is 0.563. The number of hydrogen-bond acceptors (Lipinski definition) is 1. The lowest BCUT2D eigenvalue weighted by molar-refractivity contribution is -0.117. The number of Topliss-reactive ketones (excluding diaryl/α,β-unsaturated/α-hetero) is 1. The van der Waals surface area contributed by atoms with Gasteiger partial charge in [-0.15, -0.1) is 0 Å². The largest absolute Gasteiger partial charge is 0.300 e. The van der Waals surface area contributed by atoms with Crippen LogP contribution >= 0.6 is 0 Å². The molecule has 2 aromatic rings. The molecule has 0 N–H and O–H groups in total. The SMILES string of the molecule is CC(=O)CC(c1ccccc1)c1ccc(C)cc1. The molecule has 0 saturated heterocycles. The van der Waals surface area contributed by atoms with Crippen molar-refractivity contribution in [1.82, 2.24) is 0 Å². The maximum Gasteiger partial charge on any atom is 0.130 e. The quantitative estimate of drug-likeness (QED) is 0.783. The summed E-state index contributed by atoms with van der Waals surface area (Å²) in [5, 5.41) is 0. The molecule has 0 heterocycles. The smallest absolute Gasteiger partial charge is 0.130 e. The summed E-state index contributed by atoms with van der Waals surface area (Å²) >= 11 is 0. The van der Waals surface area contributed by atoms with Crippen molar-refractivity contribution in [3.8, 4) is 0 Å². The Balaban J connectivity index is 2.36. The Morgan fingerprint density at radius 2 is 1.50 bits per heavy atom. The fourth-order valence-electron chi connectivity index (χ4n) is 2.20. The maximum atomic E-state index is 11.5. The Morgan fingerprint density at radius 3 is 2.06 bits per heavy atom. The second-order valence-electron chi connectivity index (χ2n) is 4.78. The Bertz CT molecular complexity index is 511. The van der Waals surface area contributed by atoms with E-state index in [1.807, 2.05) is 18.2 Å². The summed E-state index contributed by atoms with van der Waals surface area (Å²) in [4.78, 5) is 11.5. The van der Waals surface area contributed by atoms with Gasteiger partial charge in [0.2, 0.25) is 0 Å². The Labute approximate surface area is 108 Å². The van der Waals surface area contributed by atoms with Crippen LogP contribution in [-0.2, 0) is 4.79 Å². The minimum absolute atomic E-state index is 0.171. The average Bonchev–Trinajstić information content (AvgIpc) is 2.38. The van der Waals surface area contributed by atoms with Crippen molar-refractivity contribution >= 4 is 5.78 Å². The van der Waals surface area contributed by atoms with Gasteiger partial charge in [-0.2, -0.15) is 0 Å². The fourth-order valence-corrected chi connectivity index (χ4v) is 2.20. The summed E-state index contributed by atoms with van der Waals surface area (Å²) in [6.45, 7) is 3.73. The molecule has 2 aromatic carbocycles. The third-order valence-corrected chi connectivity index (χ3v) is 3.17. The maximum absolute atomic E-state index is 11.5. The number of carbonyl (C=O) groups is 1. The highest BCUT2D eigenvalue weighted by molar-refractivity contribution is 5.77. The van der Waals surface area contributed by atoms with Crippen LogP contribution < -0.4 is 0 Å².